The Balaban J connectivity index is 1.50. The molecule has 13 heteroatoms. The molecular weight excluding hydrogens is 674 g/mol. The van der Waals surface area contributed by atoms with Gasteiger partial charge < -0.3 is 34.0 Å². The molecule has 0 aromatic heterocycles. The van der Waals surface area contributed by atoms with Crippen molar-refractivity contribution in [2.45, 2.75) is 104 Å². The van der Waals surface area contributed by atoms with E-state index in [-0.39, 0.29) is 73.3 Å². The Labute approximate surface area is 306 Å². The van der Waals surface area contributed by atoms with Gasteiger partial charge >= 0.3 is 17.9 Å². The highest BCUT2D eigenvalue weighted by molar-refractivity contribution is 5.87. The average molecular weight is 730 g/mol. The molecule has 0 bridgehead atoms. The average Bonchev–Trinajstić information content (AvgIpc) is 3.08. The molecule has 52 heavy (non-hydrogen) atoms. The molecule has 1 aromatic carbocycles. The Morgan fingerprint density at radius 2 is 1.83 bits per heavy atom. The number of hydrogen-bond acceptors (Lipinski definition) is 12. The standard InChI is InChI=1S/C39H55NO12/c1-7-39(4,5)38(45)52-34-21-25(2)20-28-13-10-26(3)31(37(28)34)15-14-29(41)23-30(42)24-36(44)51-32-16-11-27(22-33(32)48-6)12-17-35(43)49-18-8-9-19-50-40(46)47/h10-13,16-17,20,22,25-26,29-31,34,37,41-42H,7-9,14-15,18-19,21,23-24H2,1-6H3/b17-12+/t25-,26-,29+,30+,31-,34-,37-/m0/s1. The van der Waals surface area contributed by atoms with Gasteiger partial charge in [-0.05, 0) is 106 Å². The van der Waals surface area contributed by atoms with Gasteiger partial charge in [0.2, 0.25) is 0 Å². The smallest absolute Gasteiger partial charge is 0.330 e. The summed E-state index contributed by atoms with van der Waals surface area (Å²) >= 11 is 0. The lowest BCUT2D eigenvalue weighted by molar-refractivity contribution is -0.757. The van der Waals surface area contributed by atoms with Crippen LogP contribution < -0.4 is 9.47 Å². The van der Waals surface area contributed by atoms with E-state index in [0.29, 0.717) is 37.7 Å². The molecule has 0 heterocycles. The molecule has 2 N–H and O–H groups in total. The summed E-state index contributed by atoms with van der Waals surface area (Å²) in [7, 11) is 1.40. The SMILES string of the molecule is CCC(C)(C)C(=O)O[C@H]1C[C@@H](C)C=C2C=C[C@H](C)[C@H](CC[C@@H](O)C[C@@H](O)CC(=O)Oc3ccc(/C=C/C(=O)OCCCCO[N+](=O)[O-])cc3OC)[C@H]21. The van der Waals surface area contributed by atoms with Crippen molar-refractivity contribution in [3.05, 3.63) is 63.8 Å². The predicted molar refractivity (Wildman–Crippen MR) is 192 cm³/mol. The fraction of sp³-hybridized carbons (Fsp3) is 0.615. The second-order valence-electron chi connectivity index (χ2n) is 14.4. The second kappa shape index (κ2) is 20.1. The van der Waals surface area contributed by atoms with E-state index in [1.54, 1.807) is 12.1 Å². The van der Waals surface area contributed by atoms with Gasteiger partial charge in [-0.2, -0.15) is 0 Å². The Bertz CT molecular complexity index is 1470. The lowest BCUT2D eigenvalue weighted by Gasteiger charge is -2.44. The Hall–Kier alpha value is -4.23. The third-order valence-electron chi connectivity index (χ3n) is 9.87. The van der Waals surface area contributed by atoms with E-state index in [2.05, 4.69) is 36.9 Å². The Kier molecular flexibility index (Phi) is 16.3. The molecule has 0 unspecified atom stereocenters. The van der Waals surface area contributed by atoms with Crippen molar-refractivity contribution < 1.29 is 53.5 Å². The van der Waals surface area contributed by atoms with E-state index in [1.807, 2.05) is 20.8 Å². The number of fused-ring (bicyclic) bond motifs is 1. The van der Waals surface area contributed by atoms with E-state index in [1.165, 1.54) is 30.9 Å². The van der Waals surface area contributed by atoms with E-state index < -0.39 is 34.6 Å². The van der Waals surface area contributed by atoms with Crippen LogP contribution in [0.15, 0.2) is 48.1 Å². The highest BCUT2D eigenvalue weighted by Gasteiger charge is 2.43. The third-order valence-corrected chi connectivity index (χ3v) is 9.87. The number of unbranched alkanes of at least 4 members (excludes halogenated alkanes) is 1. The van der Waals surface area contributed by atoms with Crippen LogP contribution in [-0.2, 0) is 28.7 Å². The number of carbonyl (C=O) groups is 3. The van der Waals surface area contributed by atoms with Crippen molar-refractivity contribution in [3.8, 4) is 11.5 Å². The summed E-state index contributed by atoms with van der Waals surface area (Å²) in [4.78, 5) is 52.1. The van der Waals surface area contributed by atoms with Crippen LogP contribution >= 0.6 is 0 Å². The normalized spacial score (nSPS) is 22.5. The Morgan fingerprint density at radius 1 is 1.10 bits per heavy atom. The second-order valence-corrected chi connectivity index (χ2v) is 14.4. The van der Waals surface area contributed by atoms with Crippen LogP contribution in [0.25, 0.3) is 6.08 Å². The number of hydrogen-bond donors (Lipinski definition) is 2. The van der Waals surface area contributed by atoms with Crippen LogP contribution in [0, 0.1) is 39.2 Å². The highest BCUT2D eigenvalue weighted by atomic mass is 16.9. The van der Waals surface area contributed by atoms with E-state index in [0.717, 1.165) is 6.42 Å². The van der Waals surface area contributed by atoms with Crippen LogP contribution in [0.5, 0.6) is 11.5 Å². The first-order valence-corrected chi connectivity index (χ1v) is 18.1. The van der Waals surface area contributed by atoms with Gasteiger partial charge in [-0.3, -0.25) is 9.59 Å². The molecule has 2 aliphatic carbocycles. The molecule has 1 aromatic rings. The molecule has 13 nitrogen and oxygen atoms in total. The fourth-order valence-corrected chi connectivity index (χ4v) is 6.52. The predicted octanol–water partition coefficient (Wildman–Crippen LogP) is 6.18. The zero-order valence-corrected chi connectivity index (χ0v) is 31.2. The number of nitrogens with zero attached hydrogens (tertiary/aromatic N) is 1. The van der Waals surface area contributed by atoms with Crippen molar-refractivity contribution in [2.24, 2.45) is 29.1 Å². The minimum atomic E-state index is -1.14. The summed E-state index contributed by atoms with van der Waals surface area (Å²) in [5.74, 6) is -0.511. The summed E-state index contributed by atoms with van der Waals surface area (Å²) in [5.41, 5.74) is 1.16. The van der Waals surface area contributed by atoms with Crippen molar-refractivity contribution in [3.63, 3.8) is 0 Å². The first-order valence-electron chi connectivity index (χ1n) is 18.1. The topological polar surface area (TPSA) is 181 Å². The van der Waals surface area contributed by atoms with E-state index in [4.69, 9.17) is 18.9 Å². The molecule has 0 saturated heterocycles. The maximum Gasteiger partial charge on any atom is 0.330 e. The minimum Gasteiger partial charge on any atom is -0.493 e. The molecule has 0 amide bonds. The number of methoxy groups -OCH3 is 1. The number of carbonyl (C=O) groups excluding carboxylic acids is 3. The molecule has 0 spiro atoms. The van der Waals surface area contributed by atoms with Gasteiger partial charge in [0.05, 0.1) is 44.4 Å². The van der Waals surface area contributed by atoms with Crippen LogP contribution in [0.1, 0.15) is 91.5 Å². The number of ether oxygens (including phenoxy) is 4. The van der Waals surface area contributed by atoms with Gasteiger partial charge in [0, 0.05) is 12.0 Å². The van der Waals surface area contributed by atoms with Gasteiger partial charge in [0.1, 0.15) is 6.10 Å². The quantitative estimate of drug-likeness (QED) is 0.0389. The number of rotatable bonds is 20. The van der Waals surface area contributed by atoms with Gasteiger partial charge in [-0.1, -0.05) is 45.1 Å². The number of aliphatic hydroxyl groups is 2. The summed E-state index contributed by atoms with van der Waals surface area (Å²) in [6, 6.07) is 4.67. The fourth-order valence-electron chi connectivity index (χ4n) is 6.52. The summed E-state index contributed by atoms with van der Waals surface area (Å²) < 4.78 is 22.0. The summed E-state index contributed by atoms with van der Waals surface area (Å²) in [6.07, 6.45) is 9.94. The molecule has 7 atom stereocenters. The number of aliphatic hydroxyl groups excluding tert-OH is 2. The molecule has 0 radical (unpaired) electrons. The van der Waals surface area contributed by atoms with E-state index in [9.17, 15) is 34.7 Å². The molecule has 288 valence electrons. The Morgan fingerprint density at radius 3 is 2.52 bits per heavy atom. The summed E-state index contributed by atoms with van der Waals surface area (Å²) in [5, 5.41) is 30.9. The maximum atomic E-state index is 13.1. The van der Waals surface area contributed by atoms with Crippen molar-refractivity contribution >= 4 is 24.0 Å². The lowest BCUT2D eigenvalue weighted by atomic mass is 9.65. The van der Waals surface area contributed by atoms with Gasteiger partial charge in [-0.25, -0.2) is 4.79 Å². The largest absolute Gasteiger partial charge is 0.493 e. The zero-order valence-electron chi connectivity index (χ0n) is 31.2. The molecule has 0 aliphatic heterocycles. The van der Waals surface area contributed by atoms with Crippen molar-refractivity contribution in [1.82, 2.24) is 0 Å². The molecule has 0 saturated carbocycles. The number of benzene rings is 1. The maximum absolute atomic E-state index is 13.1. The molecular formula is C39H55NO12. The number of esters is 3. The summed E-state index contributed by atoms with van der Waals surface area (Å²) in [6.45, 7) is 10.1. The lowest BCUT2D eigenvalue weighted by Crippen LogP contribution is -2.43. The first-order chi connectivity index (χ1) is 24.6. The van der Waals surface area contributed by atoms with Crippen molar-refractivity contribution in [2.75, 3.05) is 20.3 Å². The minimum absolute atomic E-state index is 0.0107. The number of allylic oxidation sites excluding steroid dienone is 3. The first kappa shape index (κ1) is 42.2. The van der Waals surface area contributed by atoms with Crippen LogP contribution in [0.4, 0.5) is 0 Å². The van der Waals surface area contributed by atoms with Crippen LogP contribution in [0.3, 0.4) is 0 Å². The molecule has 2 aliphatic rings. The van der Waals surface area contributed by atoms with Crippen molar-refractivity contribution in [1.29, 1.82) is 0 Å². The van der Waals surface area contributed by atoms with Gasteiger partial charge in [0.25, 0.3) is 5.09 Å². The van der Waals surface area contributed by atoms with Gasteiger partial charge in [0.15, 0.2) is 11.5 Å². The molecule has 0 fully saturated rings. The van der Waals surface area contributed by atoms with Crippen LogP contribution in [0.2, 0.25) is 0 Å². The third kappa shape index (κ3) is 13.1. The molecule has 3 rings (SSSR count). The van der Waals surface area contributed by atoms with Crippen LogP contribution in [-0.4, -0.2) is 71.8 Å². The monoisotopic (exact) mass is 729 g/mol. The highest BCUT2D eigenvalue weighted by Crippen LogP contribution is 2.45. The van der Waals surface area contributed by atoms with E-state index >= 15 is 0 Å². The zero-order chi connectivity index (χ0) is 38.4. The van der Waals surface area contributed by atoms with Gasteiger partial charge in [-0.15, -0.1) is 10.1 Å².